The average molecular weight is 303 g/mol. The molecule has 9 nitrogen and oxygen atoms in total. The lowest BCUT2D eigenvalue weighted by molar-refractivity contribution is -0.385. The molecule has 4 N–H and O–H groups in total. The summed E-state index contributed by atoms with van der Waals surface area (Å²) in [6, 6.07) is 3.57. The van der Waals surface area contributed by atoms with Crippen molar-refractivity contribution in [3.8, 4) is 0 Å². The van der Waals surface area contributed by atoms with Crippen LogP contribution in [0.5, 0.6) is 0 Å². The van der Waals surface area contributed by atoms with E-state index < -0.39 is 32.2 Å². The van der Waals surface area contributed by atoms with Gasteiger partial charge in [-0.25, -0.2) is 18.4 Å². The van der Waals surface area contributed by atoms with Crippen LogP contribution in [-0.2, 0) is 10.0 Å². The molecule has 0 bridgehead atoms. The second kappa shape index (κ2) is 6.30. The van der Waals surface area contributed by atoms with Crippen LogP contribution >= 0.6 is 0 Å². The van der Waals surface area contributed by atoms with Gasteiger partial charge in [0, 0.05) is 18.3 Å². The molecule has 0 amide bonds. The van der Waals surface area contributed by atoms with Crippen molar-refractivity contribution >= 4 is 27.4 Å². The number of carbonyl (C=O) groups is 1. The van der Waals surface area contributed by atoms with Crippen LogP contribution in [-0.4, -0.2) is 36.7 Å². The minimum atomic E-state index is -3.54. The molecule has 0 aromatic heterocycles. The van der Waals surface area contributed by atoms with Gasteiger partial charge >= 0.3 is 5.97 Å². The number of nitrogens with zero attached hydrogens (tertiary/aromatic N) is 1. The van der Waals surface area contributed by atoms with Crippen LogP contribution in [0.15, 0.2) is 18.2 Å². The van der Waals surface area contributed by atoms with E-state index in [0.717, 1.165) is 12.1 Å². The zero-order valence-corrected chi connectivity index (χ0v) is 11.1. The average Bonchev–Trinajstić information content (AvgIpc) is 2.33. The van der Waals surface area contributed by atoms with Crippen LogP contribution in [0.25, 0.3) is 0 Å². The normalized spacial score (nSPS) is 11.1. The number of nitro groups is 1. The summed E-state index contributed by atoms with van der Waals surface area (Å²) in [6.07, 6.45) is 0.229. The molecule has 0 radical (unpaired) electrons. The number of hydrogen-bond acceptors (Lipinski definition) is 6. The third kappa shape index (κ3) is 4.82. The maximum absolute atomic E-state index is 10.8. The number of nitrogens with two attached hydrogens (primary N) is 1. The first-order chi connectivity index (χ1) is 9.20. The molecule has 0 aliphatic heterocycles. The van der Waals surface area contributed by atoms with E-state index in [9.17, 15) is 23.3 Å². The molecule has 20 heavy (non-hydrogen) atoms. The predicted octanol–water partition coefficient (Wildman–Crippen LogP) is 0.384. The van der Waals surface area contributed by atoms with E-state index in [-0.39, 0.29) is 18.7 Å². The highest BCUT2D eigenvalue weighted by molar-refractivity contribution is 7.89. The molecule has 0 spiro atoms. The van der Waals surface area contributed by atoms with Crippen LogP contribution in [0, 0.1) is 10.1 Å². The van der Waals surface area contributed by atoms with Gasteiger partial charge in [-0.2, -0.15) is 0 Å². The van der Waals surface area contributed by atoms with Crippen molar-refractivity contribution in [3.63, 3.8) is 0 Å². The van der Waals surface area contributed by atoms with Gasteiger partial charge in [-0.15, -0.1) is 0 Å². The van der Waals surface area contributed by atoms with Gasteiger partial charge < -0.3 is 10.4 Å². The summed E-state index contributed by atoms with van der Waals surface area (Å²) in [5.41, 5.74) is -0.616. The Morgan fingerprint density at radius 3 is 2.60 bits per heavy atom. The standard InChI is InChI=1S/C10H13N3O6S/c11-20(18,19)5-1-4-12-7-2-3-8(10(14)15)9(6-7)13(16)17/h2-3,6,12H,1,4-5H2,(H,14,15)(H2,11,18,19). The summed E-state index contributed by atoms with van der Waals surface area (Å²) in [6.45, 7) is 0.236. The number of sulfonamides is 1. The first-order valence-corrected chi connectivity index (χ1v) is 7.18. The molecule has 10 heteroatoms. The Labute approximate surface area is 114 Å². The summed E-state index contributed by atoms with van der Waals surface area (Å²) in [4.78, 5) is 20.8. The Bertz CT molecular complexity index is 628. The van der Waals surface area contributed by atoms with E-state index in [1.54, 1.807) is 0 Å². The number of nitrogens with one attached hydrogen (secondary N) is 1. The van der Waals surface area contributed by atoms with Crippen molar-refractivity contribution in [2.24, 2.45) is 5.14 Å². The smallest absolute Gasteiger partial charge is 0.342 e. The maximum atomic E-state index is 10.8. The van der Waals surface area contributed by atoms with Gasteiger partial charge in [-0.1, -0.05) is 0 Å². The van der Waals surface area contributed by atoms with Gasteiger partial charge in [0.1, 0.15) is 5.56 Å². The van der Waals surface area contributed by atoms with E-state index in [4.69, 9.17) is 10.2 Å². The fourth-order valence-corrected chi connectivity index (χ4v) is 2.03. The van der Waals surface area contributed by atoms with Gasteiger partial charge in [0.05, 0.1) is 10.7 Å². The Morgan fingerprint density at radius 2 is 2.10 bits per heavy atom. The molecular formula is C10H13N3O6S. The molecule has 0 saturated carbocycles. The third-order valence-corrected chi connectivity index (χ3v) is 3.22. The van der Waals surface area contributed by atoms with E-state index in [1.807, 2.05) is 0 Å². The number of primary sulfonamides is 1. The molecule has 0 atom stereocenters. The molecule has 110 valence electrons. The lowest BCUT2D eigenvalue weighted by Gasteiger charge is -2.06. The van der Waals surface area contributed by atoms with Crippen molar-refractivity contribution in [1.82, 2.24) is 0 Å². The van der Waals surface area contributed by atoms with Gasteiger partial charge in [-0.05, 0) is 18.6 Å². The summed E-state index contributed by atoms with van der Waals surface area (Å²) < 4.78 is 21.4. The van der Waals surface area contributed by atoms with Gasteiger partial charge in [0.2, 0.25) is 10.0 Å². The quantitative estimate of drug-likeness (QED) is 0.374. The number of carboxylic acids is 1. The summed E-state index contributed by atoms with van der Waals surface area (Å²) >= 11 is 0. The van der Waals surface area contributed by atoms with E-state index >= 15 is 0 Å². The van der Waals surface area contributed by atoms with Crippen LogP contribution < -0.4 is 10.5 Å². The van der Waals surface area contributed by atoms with Gasteiger partial charge in [0.15, 0.2) is 0 Å². The number of hydrogen-bond donors (Lipinski definition) is 3. The minimum Gasteiger partial charge on any atom is -0.477 e. The largest absolute Gasteiger partial charge is 0.477 e. The molecule has 0 fully saturated rings. The summed E-state index contributed by atoms with van der Waals surface area (Å²) in [5, 5.41) is 27.1. The molecule has 0 aliphatic rings. The molecule has 1 aromatic carbocycles. The van der Waals surface area contributed by atoms with Crippen molar-refractivity contribution in [3.05, 3.63) is 33.9 Å². The highest BCUT2D eigenvalue weighted by Crippen LogP contribution is 2.23. The Balaban J connectivity index is 2.75. The molecule has 1 rings (SSSR count). The maximum Gasteiger partial charge on any atom is 0.342 e. The fourth-order valence-electron chi connectivity index (χ4n) is 1.48. The molecular weight excluding hydrogens is 290 g/mol. The summed E-state index contributed by atoms with van der Waals surface area (Å²) in [5.74, 6) is -1.60. The van der Waals surface area contributed by atoms with E-state index in [1.165, 1.54) is 6.07 Å². The number of carboxylic acid groups (broad SMARTS) is 1. The first kappa shape index (κ1) is 15.9. The second-order valence-electron chi connectivity index (χ2n) is 3.94. The van der Waals surface area contributed by atoms with Crippen molar-refractivity contribution < 1.29 is 23.2 Å². The lowest BCUT2D eigenvalue weighted by atomic mass is 10.1. The highest BCUT2D eigenvalue weighted by atomic mass is 32.2. The summed E-state index contributed by atoms with van der Waals surface area (Å²) in [7, 11) is -3.54. The molecule has 0 heterocycles. The van der Waals surface area contributed by atoms with Gasteiger partial charge in [0.25, 0.3) is 5.69 Å². The fraction of sp³-hybridized carbons (Fsp3) is 0.300. The van der Waals surface area contributed by atoms with Gasteiger partial charge in [-0.3, -0.25) is 10.1 Å². The van der Waals surface area contributed by atoms with E-state index in [2.05, 4.69) is 5.32 Å². The Kier molecular flexibility index (Phi) is 5.00. The number of nitro benzene ring substituents is 1. The SMILES string of the molecule is NS(=O)(=O)CCCNc1ccc(C(=O)O)c([N+](=O)[O-])c1. The van der Waals surface area contributed by atoms with Crippen molar-refractivity contribution in [2.45, 2.75) is 6.42 Å². The molecule has 0 unspecified atom stereocenters. The predicted molar refractivity (Wildman–Crippen MR) is 71.1 cm³/mol. The topological polar surface area (TPSA) is 153 Å². The lowest BCUT2D eigenvalue weighted by Crippen LogP contribution is -2.18. The monoisotopic (exact) mass is 303 g/mol. The molecule has 1 aromatic rings. The van der Waals surface area contributed by atoms with Crippen LogP contribution in [0.1, 0.15) is 16.8 Å². The molecule has 0 aliphatic carbocycles. The molecule has 0 saturated heterocycles. The zero-order valence-electron chi connectivity index (χ0n) is 10.3. The minimum absolute atomic E-state index is 0.213. The number of anilines is 1. The zero-order chi connectivity index (χ0) is 15.3. The van der Waals surface area contributed by atoms with Crippen LogP contribution in [0.4, 0.5) is 11.4 Å². The van der Waals surface area contributed by atoms with Crippen molar-refractivity contribution in [2.75, 3.05) is 17.6 Å². The number of rotatable bonds is 7. The Hall–Kier alpha value is -2.20. The third-order valence-electron chi connectivity index (χ3n) is 2.36. The van der Waals surface area contributed by atoms with Crippen LogP contribution in [0.3, 0.4) is 0 Å². The Morgan fingerprint density at radius 1 is 1.45 bits per heavy atom. The number of aromatic carboxylic acids is 1. The highest BCUT2D eigenvalue weighted by Gasteiger charge is 2.19. The van der Waals surface area contributed by atoms with E-state index in [0.29, 0.717) is 5.69 Å². The van der Waals surface area contributed by atoms with Crippen LogP contribution in [0.2, 0.25) is 0 Å². The first-order valence-electron chi connectivity index (χ1n) is 5.47. The van der Waals surface area contributed by atoms with Crippen molar-refractivity contribution in [1.29, 1.82) is 0 Å². The second-order valence-corrected chi connectivity index (χ2v) is 5.68. The number of benzene rings is 1.